The number of alkyl halides is 3. The summed E-state index contributed by atoms with van der Waals surface area (Å²) in [5.74, 6) is 0.512. The van der Waals surface area contributed by atoms with Gasteiger partial charge in [0.2, 0.25) is 0 Å². The molecule has 6 nitrogen and oxygen atoms in total. The molecule has 11 heteroatoms. The van der Waals surface area contributed by atoms with Gasteiger partial charge in [0, 0.05) is 0 Å². The van der Waals surface area contributed by atoms with Crippen LogP contribution in [0.15, 0.2) is 29.1 Å². The average Bonchev–Trinajstić information content (AvgIpc) is 3.01. The summed E-state index contributed by atoms with van der Waals surface area (Å²) >= 11 is 0. The predicted octanol–water partition coefficient (Wildman–Crippen LogP) is 2.54. The Morgan fingerprint density at radius 3 is 2.29 bits per heavy atom. The van der Waals surface area contributed by atoms with Crippen LogP contribution in [0.25, 0.3) is 11.0 Å². The standard InChI is InChI=1S/C13H9F5N4O2/c1-24-8-4-2-7(3-5-8)6-20-11-9(10(19-20)13(14,15)16)12(23)22(18)21(11)17/h2-5H,6H2,1H3. The van der Waals surface area contributed by atoms with Gasteiger partial charge in [0.1, 0.15) is 11.1 Å². The normalized spacial score (nSPS) is 12.1. The minimum absolute atomic E-state index is 0.302. The Morgan fingerprint density at radius 2 is 1.75 bits per heavy atom. The first-order valence-electron chi connectivity index (χ1n) is 6.51. The van der Waals surface area contributed by atoms with Gasteiger partial charge in [-0.15, -0.1) is 0 Å². The van der Waals surface area contributed by atoms with E-state index >= 15 is 0 Å². The number of benzene rings is 1. The Hall–Kier alpha value is -2.85. The molecule has 0 saturated carbocycles. The van der Waals surface area contributed by atoms with Crippen LogP contribution in [0, 0.1) is 0 Å². The van der Waals surface area contributed by atoms with E-state index in [-0.39, 0.29) is 6.54 Å². The Kier molecular flexibility index (Phi) is 3.57. The molecule has 0 aliphatic rings. The quantitative estimate of drug-likeness (QED) is 0.684. The molecule has 0 atom stereocenters. The summed E-state index contributed by atoms with van der Waals surface area (Å²) in [6, 6.07) is 6.13. The van der Waals surface area contributed by atoms with Crippen LogP contribution in [0.1, 0.15) is 11.3 Å². The number of aromatic nitrogens is 4. The summed E-state index contributed by atoms with van der Waals surface area (Å²) in [6.07, 6.45) is -5.03. The molecular formula is C13H9F5N4O2. The van der Waals surface area contributed by atoms with Crippen LogP contribution in [0.5, 0.6) is 5.75 Å². The van der Waals surface area contributed by atoms with Crippen molar-refractivity contribution in [3.63, 3.8) is 0 Å². The molecule has 0 aliphatic heterocycles. The average molecular weight is 348 g/mol. The highest BCUT2D eigenvalue weighted by Gasteiger charge is 2.40. The number of hydrogen-bond donors (Lipinski definition) is 0. The lowest BCUT2D eigenvalue weighted by Crippen LogP contribution is -2.17. The van der Waals surface area contributed by atoms with Crippen molar-refractivity contribution in [1.29, 1.82) is 0 Å². The fourth-order valence-corrected chi connectivity index (χ4v) is 2.31. The molecule has 128 valence electrons. The van der Waals surface area contributed by atoms with Crippen LogP contribution in [0.4, 0.5) is 22.1 Å². The number of halogens is 5. The van der Waals surface area contributed by atoms with E-state index in [4.69, 9.17) is 4.74 Å². The first-order valence-corrected chi connectivity index (χ1v) is 6.51. The molecule has 0 unspecified atom stereocenters. The molecule has 0 amide bonds. The van der Waals surface area contributed by atoms with Crippen molar-refractivity contribution in [3.05, 3.63) is 45.9 Å². The monoisotopic (exact) mass is 348 g/mol. The summed E-state index contributed by atoms with van der Waals surface area (Å²) in [7, 11) is 1.44. The van der Waals surface area contributed by atoms with Crippen molar-refractivity contribution in [2.45, 2.75) is 12.7 Å². The minimum Gasteiger partial charge on any atom is -0.497 e. The van der Waals surface area contributed by atoms with Gasteiger partial charge in [-0.1, -0.05) is 26.0 Å². The SMILES string of the molecule is COc1ccc(Cn2nc(C(F)(F)F)c3c(=O)n(F)n(F)c32)cc1. The third kappa shape index (κ3) is 2.41. The molecule has 3 aromatic rings. The number of rotatable bonds is 3. The van der Waals surface area contributed by atoms with Gasteiger partial charge in [-0.25, -0.2) is 4.68 Å². The largest absolute Gasteiger partial charge is 0.497 e. The number of hydrogen-bond acceptors (Lipinski definition) is 3. The van der Waals surface area contributed by atoms with E-state index in [2.05, 4.69) is 5.10 Å². The number of nitrogens with zero attached hydrogens (tertiary/aromatic N) is 4. The highest BCUT2D eigenvalue weighted by Crippen LogP contribution is 2.33. The summed E-state index contributed by atoms with van der Waals surface area (Å²) in [6.45, 7) is -0.302. The van der Waals surface area contributed by atoms with Crippen LogP contribution in [-0.2, 0) is 12.7 Å². The van der Waals surface area contributed by atoms with E-state index in [1.807, 2.05) is 0 Å². The van der Waals surface area contributed by atoms with Crippen molar-refractivity contribution >= 4 is 11.0 Å². The Balaban J connectivity index is 2.17. The zero-order valence-corrected chi connectivity index (χ0v) is 12.0. The second-order valence-corrected chi connectivity index (χ2v) is 4.88. The topological polar surface area (TPSA) is 54.0 Å². The Morgan fingerprint density at radius 1 is 1.12 bits per heavy atom. The van der Waals surface area contributed by atoms with Gasteiger partial charge < -0.3 is 4.74 Å². The second kappa shape index (κ2) is 5.35. The predicted molar refractivity (Wildman–Crippen MR) is 72.1 cm³/mol. The van der Waals surface area contributed by atoms with E-state index in [0.717, 1.165) is 0 Å². The first kappa shape index (κ1) is 16.0. The molecule has 24 heavy (non-hydrogen) atoms. The number of ether oxygens (including phenoxy) is 1. The molecule has 2 heterocycles. The van der Waals surface area contributed by atoms with Crippen LogP contribution >= 0.6 is 0 Å². The maximum Gasteiger partial charge on any atom is 0.436 e. The highest BCUT2D eigenvalue weighted by atomic mass is 19.4. The molecule has 0 fully saturated rings. The molecule has 0 aliphatic carbocycles. The lowest BCUT2D eigenvalue weighted by atomic mass is 10.2. The number of fused-ring (bicyclic) bond motifs is 1. The van der Waals surface area contributed by atoms with Gasteiger partial charge >= 0.3 is 11.7 Å². The highest BCUT2D eigenvalue weighted by molar-refractivity contribution is 5.78. The molecule has 0 radical (unpaired) electrons. The van der Waals surface area contributed by atoms with Crippen molar-refractivity contribution < 1.29 is 26.9 Å². The van der Waals surface area contributed by atoms with Crippen molar-refractivity contribution in [2.24, 2.45) is 0 Å². The van der Waals surface area contributed by atoms with Gasteiger partial charge in [-0.2, -0.15) is 18.3 Å². The molecule has 1 aromatic carbocycles. The van der Waals surface area contributed by atoms with E-state index in [1.54, 1.807) is 12.1 Å². The summed E-state index contributed by atoms with van der Waals surface area (Å²) < 4.78 is 71.6. The smallest absolute Gasteiger partial charge is 0.436 e. The van der Waals surface area contributed by atoms with Crippen molar-refractivity contribution in [2.75, 3.05) is 7.11 Å². The van der Waals surface area contributed by atoms with Crippen molar-refractivity contribution in [1.82, 2.24) is 19.6 Å². The zero-order chi connectivity index (χ0) is 17.6. The van der Waals surface area contributed by atoms with Gasteiger partial charge in [0.15, 0.2) is 11.3 Å². The third-order valence-electron chi connectivity index (χ3n) is 3.40. The fraction of sp³-hybridized carbons (Fsp3) is 0.231. The van der Waals surface area contributed by atoms with Gasteiger partial charge in [-0.05, 0) is 22.6 Å². The molecule has 0 saturated heterocycles. The maximum atomic E-state index is 13.8. The van der Waals surface area contributed by atoms with E-state index in [1.165, 1.54) is 19.2 Å². The lowest BCUT2D eigenvalue weighted by Gasteiger charge is -2.06. The Labute approximate surface area is 130 Å². The van der Waals surface area contributed by atoms with Crippen LogP contribution in [-0.4, -0.2) is 26.7 Å². The fourth-order valence-electron chi connectivity index (χ4n) is 2.31. The van der Waals surface area contributed by atoms with Gasteiger partial charge in [-0.3, -0.25) is 4.79 Å². The van der Waals surface area contributed by atoms with Crippen molar-refractivity contribution in [3.8, 4) is 5.75 Å². The maximum absolute atomic E-state index is 13.8. The summed E-state index contributed by atoms with van der Waals surface area (Å²) in [5.41, 5.74) is -3.86. The summed E-state index contributed by atoms with van der Waals surface area (Å²) in [4.78, 5) is 9.69. The molecule has 0 N–H and O–H groups in total. The minimum atomic E-state index is -5.03. The molecular weight excluding hydrogens is 339 g/mol. The van der Waals surface area contributed by atoms with Crippen LogP contribution in [0.3, 0.4) is 0 Å². The second-order valence-electron chi connectivity index (χ2n) is 4.88. The van der Waals surface area contributed by atoms with Crippen LogP contribution < -0.4 is 10.3 Å². The van der Waals surface area contributed by atoms with E-state index < -0.39 is 38.3 Å². The molecule has 2 aromatic heterocycles. The van der Waals surface area contributed by atoms with Crippen LogP contribution in [0.2, 0.25) is 0 Å². The van der Waals surface area contributed by atoms with E-state index in [0.29, 0.717) is 16.0 Å². The molecule has 0 bridgehead atoms. The van der Waals surface area contributed by atoms with Gasteiger partial charge in [0.05, 0.1) is 13.7 Å². The summed E-state index contributed by atoms with van der Waals surface area (Å²) in [5, 5.41) is 2.08. The molecule has 0 spiro atoms. The van der Waals surface area contributed by atoms with E-state index in [9.17, 15) is 26.9 Å². The Bertz CT molecular complexity index is 952. The first-order chi connectivity index (χ1) is 11.2. The third-order valence-corrected chi connectivity index (χ3v) is 3.40. The molecule has 3 rings (SSSR count). The lowest BCUT2D eigenvalue weighted by molar-refractivity contribution is -0.140. The zero-order valence-electron chi connectivity index (χ0n) is 12.0. The van der Waals surface area contributed by atoms with Gasteiger partial charge in [0.25, 0.3) is 0 Å². The number of methoxy groups -OCH3 is 1.